The zero-order chi connectivity index (χ0) is 21.3. The van der Waals surface area contributed by atoms with Crippen molar-refractivity contribution < 1.29 is 22.8 Å². The number of carbonyl (C=O) groups excluding carboxylic acids is 3. The number of hydrogen-bond acceptors (Lipinski definition) is 6. The van der Waals surface area contributed by atoms with E-state index in [-0.39, 0.29) is 41.9 Å². The summed E-state index contributed by atoms with van der Waals surface area (Å²) >= 11 is 0. The quantitative estimate of drug-likeness (QED) is 0.763. The van der Waals surface area contributed by atoms with Gasteiger partial charge in [-0.1, -0.05) is 6.07 Å². The van der Waals surface area contributed by atoms with Crippen molar-refractivity contribution in [1.82, 2.24) is 9.91 Å². The van der Waals surface area contributed by atoms with Crippen LogP contribution in [0, 0.1) is 0 Å². The standard InChI is InChI=1S/C20H24N4O5S/c25-18-7-6-17(22-24(18)16-8-11-30(28,29)13-16)19(26)21-15-5-3-4-14(12-15)20(27)23-9-1-2-10-23/h3-5,12,16H,1-2,6-11,13H2,(H,21,26)/t16-/m0/s1. The number of sulfone groups is 1. The molecule has 9 nitrogen and oxygen atoms in total. The Morgan fingerprint density at radius 3 is 2.60 bits per heavy atom. The predicted octanol–water partition coefficient (Wildman–Crippen LogP) is 1.03. The minimum Gasteiger partial charge on any atom is -0.339 e. The maximum atomic E-state index is 12.7. The van der Waals surface area contributed by atoms with Gasteiger partial charge in [0.05, 0.1) is 17.5 Å². The van der Waals surface area contributed by atoms with Gasteiger partial charge in [0, 0.05) is 37.2 Å². The van der Waals surface area contributed by atoms with Crippen LogP contribution in [0.15, 0.2) is 29.4 Å². The average molecular weight is 433 g/mol. The Kier molecular flexibility index (Phi) is 5.59. The first-order valence-corrected chi connectivity index (χ1v) is 12.0. The molecular weight excluding hydrogens is 408 g/mol. The molecule has 1 atom stereocenters. The molecular formula is C20H24N4O5S. The number of anilines is 1. The van der Waals surface area contributed by atoms with Gasteiger partial charge in [0.15, 0.2) is 9.84 Å². The van der Waals surface area contributed by atoms with E-state index >= 15 is 0 Å². The van der Waals surface area contributed by atoms with E-state index in [4.69, 9.17) is 0 Å². The highest BCUT2D eigenvalue weighted by molar-refractivity contribution is 7.91. The number of nitrogens with zero attached hydrogens (tertiary/aromatic N) is 3. The predicted molar refractivity (Wildman–Crippen MR) is 111 cm³/mol. The molecule has 0 radical (unpaired) electrons. The minimum absolute atomic E-state index is 0.0241. The number of hydrogen-bond donors (Lipinski definition) is 1. The molecule has 1 aromatic carbocycles. The lowest BCUT2D eigenvalue weighted by atomic mass is 10.1. The molecule has 0 spiro atoms. The van der Waals surface area contributed by atoms with Crippen molar-refractivity contribution >= 4 is 39.0 Å². The van der Waals surface area contributed by atoms with Crippen LogP contribution in [0.3, 0.4) is 0 Å². The fraction of sp³-hybridized carbons (Fsp3) is 0.500. The molecule has 10 heteroatoms. The highest BCUT2D eigenvalue weighted by atomic mass is 32.2. The lowest BCUT2D eigenvalue weighted by Crippen LogP contribution is -2.42. The van der Waals surface area contributed by atoms with Gasteiger partial charge in [-0.05, 0) is 37.5 Å². The van der Waals surface area contributed by atoms with E-state index in [1.165, 1.54) is 0 Å². The Morgan fingerprint density at radius 2 is 1.90 bits per heavy atom. The molecule has 0 aliphatic carbocycles. The molecule has 0 aromatic heterocycles. The Bertz CT molecular complexity index is 1010. The third-order valence-corrected chi connectivity index (χ3v) is 7.39. The van der Waals surface area contributed by atoms with Crippen LogP contribution in [0.1, 0.15) is 42.5 Å². The van der Waals surface area contributed by atoms with Crippen LogP contribution in [-0.2, 0) is 19.4 Å². The van der Waals surface area contributed by atoms with Gasteiger partial charge in [0.25, 0.3) is 11.8 Å². The van der Waals surface area contributed by atoms with Crippen molar-refractivity contribution in [2.75, 3.05) is 29.9 Å². The zero-order valence-corrected chi connectivity index (χ0v) is 17.4. The van der Waals surface area contributed by atoms with Gasteiger partial charge in [-0.3, -0.25) is 14.4 Å². The second kappa shape index (κ2) is 8.17. The maximum Gasteiger partial charge on any atom is 0.271 e. The number of hydrazone groups is 1. The van der Waals surface area contributed by atoms with E-state index in [1.807, 2.05) is 0 Å². The first-order valence-electron chi connectivity index (χ1n) is 10.1. The first-order chi connectivity index (χ1) is 14.3. The summed E-state index contributed by atoms with van der Waals surface area (Å²) in [6.45, 7) is 1.49. The van der Waals surface area contributed by atoms with E-state index in [1.54, 1.807) is 29.2 Å². The lowest BCUT2D eigenvalue weighted by Gasteiger charge is -2.27. The van der Waals surface area contributed by atoms with Crippen LogP contribution in [0.4, 0.5) is 5.69 Å². The molecule has 3 aliphatic rings. The molecule has 2 fully saturated rings. The summed E-state index contributed by atoms with van der Waals surface area (Å²) in [6.07, 6.45) is 2.62. The molecule has 3 aliphatic heterocycles. The number of likely N-dealkylation sites (tertiary alicyclic amines) is 1. The van der Waals surface area contributed by atoms with Gasteiger partial charge in [-0.2, -0.15) is 5.10 Å². The fourth-order valence-corrected chi connectivity index (χ4v) is 5.72. The molecule has 4 rings (SSSR count). The monoisotopic (exact) mass is 432 g/mol. The summed E-state index contributed by atoms with van der Waals surface area (Å²) in [4.78, 5) is 39.3. The third-order valence-electron chi connectivity index (χ3n) is 5.64. The number of nitrogens with one attached hydrogen (secondary N) is 1. The van der Waals surface area contributed by atoms with Crippen LogP contribution >= 0.6 is 0 Å². The van der Waals surface area contributed by atoms with E-state index in [2.05, 4.69) is 10.4 Å². The van der Waals surface area contributed by atoms with Gasteiger partial charge in [0.1, 0.15) is 5.71 Å². The topological polar surface area (TPSA) is 116 Å². The molecule has 1 N–H and O–H groups in total. The maximum absolute atomic E-state index is 12.7. The minimum atomic E-state index is -3.17. The van der Waals surface area contributed by atoms with E-state index in [9.17, 15) is 22.8 Å². The van der Waals surface area contributed by atoms with Crippen molar-refractivity contribution in [2.45, 2.75) is 38.1 Å². The molecule has 2 saturated heterocycles. The molecule has 1 aromatic rings. The summed E-state index contributed by atoms with van der Waals surface area (Å²) < 4.78 is 23.5. The van der Waals surface area contributed by atoms with Gasteiger partial charge >= 0.3 is 0 Å². The summed E-state index contributed by atoms with van der Waals surface area (Å²) in [5, 5.41) is 8.08. The van der Waals surface area contributed by atoms with Crippen LogP contribution in [0.25, 0.3) is 0 Å². The molecule has 0 bridgehead atoms. The van der Waals surface area contributed by atoms with Crippen LogP contribution in [0.2, 0.25) is 0 Å². The van der Waals surface area contributed by atoms with Crippen molar-refractivity contribution in [1.29, 1.82) is 0 Å². The van der Waals surface area contributed by atoms with Gasteiger partial charge in [-0.15, -0.1) is 0 Å². The van der Waals surface area contributed by atoms with Crippen LogP contribution in [-0.4, -0.2) is 72.4 Å². The molecule has 3 amide bonds. The van der Waals surface area contributed by atoms with E-state index in [0.717, 1.165) is 30.9 Å². The van der Waals surface area contributed by atoms with E-state index < -0.39 is 21.8 Å². The molecule has 160 valence electrons. The molecule has 30 heavy (non-hydrogen) atoms. The molecule has 0 saturated carbocycles. The van der Waals surface area contributed by atoms with Crippen molar-refractivity contribution in [3.05, 3.63) is 29.8 Å². The van der Waals surface area contributed by atoms with Crippen molar-refractivity contribution in [3.8, 4) is 0 Å². The summed E-state index contributed by atoms with van der Waals surface area (Å²) in [5.74, 6) is -0.891. The van der Waals surface area contributed by atoms with E-state index in [0.29, 0.717) is 17.7 Å². The van der Waals surface area contributed by atoms with Gasteiger partial charge < -0.3 is 10.2 Å². The molecule has 3 heterocycles. The fourth-order valence-electron chi connectivity index (χ4n) is 4.02. The Hall–Kier alpha value is -2.75. The average Bonchev–Trinajstić information content (AvgIpc) is 3.37. The summed E-state index contributed by atoms with van der Waals surface area (Å²) in [6, 6.07) is 6.23. The first kappa shape index (κ1) is 20.5. The SMILES string of the molecule is O=C(Nc1cccc(C(=O)N2CCCC2)c1)C1=NN([C@H]2CCS(=O)(=O)C2)C(=O)CC1. The van der Waals surface area contributed by atoms with Crippen molar-refractivity contribution in [2.24, 2.45) is 5.10 Å². The second-order valence-corrected chi connectivity index (χ2v) is 10.1. The Labute approximate surface area is 175 Å². The van der Waals surface area contributed by atoms with Crippen molar-refractivity contribution in [3.63, 3.8) is 0 Å². The number of carbonyl (C=O) groups is 3. The highest BCUT2D eigenvalue weighted by Crippen LogP contribution is 2.23. The Balaban J connectivity index is 1.47. The zero-order valence-electron chi connectivity index (χ0n) is 16.5. The number of benzene rings is 1. The van der Waals surface area contributed by atoms with Crippen LogP contribution < -0.4 is 5.32 Å². The van der Waals surface area contributed by atoms with Gasteiger partial charge in [-0.25, -0.2) is 13.4 Å². The summed E-state index contributed by atoms with van der Waals surface area (Å²) in [7, 11) is -3.17. The van der Waals surface area contributed by atoms with Gasteiger partial charge in [0.2, 0.25) is 5.91 Å². The Morgan fingerprint density at radius 1 is 1.13 bits per heavy atom. The van der Waals surface area contributed by atoms with Crippen LogP contribution in [0.5, 0.6) is 0 Å². The highest BCUT2D eigenvalue weighted by Gasteiger charge is 2.37. The second-order valence-electron chi connectivity index (χ2n) is 7.88. The lowest BCUT2D eigenvalue weighted by molar-refractivity contribution is -0.133. The smallest absolute Gasteiger partial charge is 0.271 e. The summed E-state index contributed by atoms with van der Waals surface area (Å²) in [5.41, 5.74) is 1.16. The number of rotatable bonds is 4. The normalized spacial score (nSPS) is 23.4. The number of amides is 3. The largest absolute Gasteiger partial charge is 0.339 e. The third kappa shape index (κ3) is 4.38. The molecule has 0 unspecified atom stereocenters.